The fourth-order valence-corrected chi connectivity index (χ4v) is 2.09. The number of carbonyl (C=O) groups is 1. The van der Waals surface area contributed by atoms with Crippen LogP contribution in [0.3, 0.4) is 0 Å². The fraction of sp³-hybridized carbons (Fsp3) is 0.294. The molecule has 2 aromatic rings. The van der Waals surface area contributed by atoms with Crippen molar-refractivity contribution in [2.24, 2.45) is 0 Å². The van der Waals surface area contributed by atoms with Gasteiger partial charge in [-0.15, -0.1) is 6.58 Å². The number of amides is 1. The van der Waals surface area contributed by atoms with Crippen LogP contribution in [0.2, 0.25) is 0 Å². The third-order valence-corrected chi connectivity index (χ3v) is 3.32. The molecule has 6 nitrogen and oxygen atoms in total. The van der Waals surface area contributed by atoms with Gasteiger partial charge in [-0.25, -0.2) is 9.97 Å². The Kier molecular flexibility index (Phi) is 5.80. The minimum absolute atomic E-state index is 0.119. The first-order valence-corrected chi connectivity index (χ1v) is 7.45. The molecule has 0 unspecified atom stereocenters. The summed E-state index contributed by atoms with van der Waals surface area (Å²) >= 11 is 0. The molecule has 6 heteroatoms. The lowest BCUT2D eigenvalue weighted by Gasteiger charge is -2.17. The van der Waals surface area contributed by atoms with E-state index in [2.05, 4.69) is 26.8 Å². The van der Waals surface area contributed by atoms with Crippen molar-refractivity contribution in [1.29, 1.82) is 0 Å². The van der Waals surface area contributed by atoms with E-state index >= 15 is 0 Å². The summed E-state index contributed by atoms with van der Waals surface area (Å²) in [4.78, 5) is 26.7. The number of hydrogen-bond donors (Lipinski definition) is 1. The summed E-state index contributed by atoms with van der Waals surface area (Å²) in [6.45, 7) is 6.62. The van der Waals surface area contributed by atoms with Gasteiger partial charge in [0, 0.05) is 38.6 Å². The summed E-state index contributed by atoms with van der Waals surface area (Å²) in [5, 5.41) is 3.08. The number of anilines is 1. The maximum absolute atomic E-state index is 12.5. The molecule has 0 radical (unpaired) electrons. The zero-order valence-corrected chi connectivity index (χ0v) is 13.5. The van der Waals surface area contributed by atoms with Gasteiger partial charge in [-0.05, 0) is 31.0 Å². The van der Waals surface area contributed by atoms with Gasteiger partial charge in [0.05, 0.1) is 0 Å². The van der Waals surface area contributed by atoms with E-state index < -0.39 is 0 Å². The first-order valence-electron chi connectivity index (χ1n) is 7.45. The van der Waals surface area contributed by atoms with Crippen molar-refractivity contribution in [1.82, 2.24) is 19.9 Å². The minimum Gasteiger partial charge on any atom is -0.366 e. The van der Waals surface area contributed by atoms with Crippen LogP contribution < -0.4 is 5.32 Å². The summed E-state index contributed by atoms with van der Waals surface area (Å²) < 4.78 is 0. The number of nitrogens with zero attached hydrogens (tertiary/aromatic N) is 4. The smallest absolute Gasteiger partial charge is 0.272 e. The van der Waals surface area contributed by atoms with Crippen LogP contribution >= 0.6 is 0 Å². The van der Waals surface area contributed by atoms with E-state index in [1.54, 1.807) is 43.4 Å². The Morgan fingerprint density at radius 3 is 2.78 bits per heavy atom. The molecule has 2 heterocycles. The van der Waals surface area contributed by atoms with Gasteiger partial charge in [0.1, 0.15) is 17.3 Å². The molecule has 2 rings (SSSR count). The largest absolute Gasteiger partial charge is 0.366 e. The van der Waals surface area contributed by atoms with Crippen LogP contribution in [-0.4, -0.2) is 45.9 Å². The summed E-state index contributed by atoms with van der Waals surface area (Å²) in [5.41, 5.74) is 1.54. The average molecular weight is 311 g/mol. The predicted molar refractivity (Wildman–Crippen MR) is 90.4 cm³/mol. The zero-order valence-electron chi connectivity index (χ0n) is 13.5. The van der Waals surface area contributed by atoms with Crippen LogP contribution in [0.25, 0.3) is 0 Å². The SMILES string of the molecule is C=CCNc1cc(C(=O)N(C)CCc2ccncc2)nc(C)n1. The molecule has 0 saturated heterocycles. The highest BCUT2D eigenvalue weighted by molar-refractivity contribution is 5.92. The molecule has 0 saturated carbocycles. The fourth-order valence-electron chi connectivity index (χ4n) is 2.09. The maximum atomic E-state index is 12.5. The summed E-state index contributed by atoms with van der Waals surface area (Å²) in [5.74, 6) is 1.07. The number of hydrogen-bond acceptors (Lipinski definition) is 5. The molecular formula is C17H21N5O. The Bertz CT molecular complexity index is 672. The van der Waals surface area contributed by atoms with E-state index in [4.69, 9.17) is 0 Å². The van der Waals surface area contributed by atoms with Crippen LogP contribution in [0.15, 0.2) is 43.2 Å². The normalized spacial score (nSPS) is 10.2. The van der Waals surface area contributed by atoms with Crippen LogP contribution in [0.5, 0.6) is 0 Å². The third kappa shape index (κ3) is 4.88. The quantitative estimate of drug-likeness (QED) is 0.793. The molecule has 2 aromatic heterocycles. The maximum Gasteiger partial charge on any atom is 0.272 e. The number of likely N-dealkylation sites (N-methyl/N-ethyl adjacent to an activating group) is 1. The predicted octanol–water partition coefficient (Wildman–Crippen LogP) is 2.09. The van der Waals surface area contributed by atoms with Crippen molar-refractivity contribution in [2.75, 3.05) is 25.5 Å². The van der Waals surface area contributed by atoms with E-state index in [0.29, 0.717) is 30.4 Å². The van der Waals surface area contributed by atoms with Crippen LogP contribution in [0.1, 0.15) is 21.9 Å². The molecule has 0 aliphatic heterocycles. The number of pyridine rings is 1. The van der Waals surface area contributed by atoms with Crippen LogP contribution in [0, 0.1) is 6.92 Å². The van der Waals surface area contributed by atoms with E-state index in [0.717, 1.165) is 12.0 Å². The number of nitrogens with one attached hydrogen (secondary N) is 1. The Labute approximate surface area is 136 Å². The first kappa shape index (κ1) is 16.6. The van der Waals surface area contributed by atoms with Crippen molar-refractivity contribution in [3.05, 3.63) is 60.3 Å². The molecular weight excluding hydrogens is 290 g/mol. The van der Waals surface area contributed by atoms with Gasteiger partial charge < -0.3 is 10.2 Å². The van der Waals surface area contributed by atoms with Crippen molar-refractivity contribution < 1.29 is 4.79 Å². The van der Waals surface area contributed by atoms with E-state index in [9.17, 15) is 4.79 Å². The van der Waals surface area contributed by atoms with Gasteiger partial charge in [-0.2, -0.15) is 0 Å². The van der Waals surface area contributed by atoms with Crippen molar-refractivity contribution >= 4 is 11.7 Å². The van der Waals surface area contributed by atoms with Crippen LogP contribution in [-0.2, 0) is 6.42 Å². The lowest BCUT2D eigenvalue weighted by Crippen LogP contribution is -2.30. The van der Waals surface area contributed by atoms with E-state index in [1.165, 1.54) is 0 Å². The van der Waals surface area contributed by atoms with Crippen molar-refractivity contribution in [3.63, 3.8) is 0 Å². The Morgan fingerprint density at radius 1 is 1.35 bits per heavy atom. The zero-order chi connectivity index (χ0) is 16.7. The van der Waals surface area contributed by atoms with Gasteiger partial charge in [0.2, 0.25) is 0 Å². The monoisotopic (exact) mass is 311 g/mol. The molecule has 120 valence electrons. The lowest BCUT2D eigenvalue weighted by atomic mass is 10.2. The number of carbonyl (C=O) groups excluding carboxylic acids is 1. The Morgan fingerprint density at radius 2 is 2.09 bits per heavy atom. The highest BCUT2D eigenvalue weighted by atomic mass is 16.2. The van der Waals surface area contributed by atoms with Gasteiger partial charge in [-0.3, -0.25) is 9.78 Å². The van der Waals surface area contributed by atoms with Gasteiger partial charge in [0.25, 0.3) is 5.91 Å². The second-order valence-corrected chi connectivity index (χ2v) is 5.19. The molecule has 0 spiro atoms. The van der Waals surface area contributed by atoms with E-state index in [-0.39, 0.29) is 5.91 Å². The third-order valence-electron chi connectivity index (χ3n) is 3.32. The standard InChI is InChI=1S/C17H21N5O/c1-4-8-19-16-12-15(20-13(2)21-16)17(23)22(3)11-7-14-5-9-18-10-6-14/h4-6,9-10,12H,1,7-8,11H2,2-3H3,(H,19,20,21). The molecule has 0 aliphatic rings. The highest BCUT2D eigenvalue weighted by Gasteiger charge is 2.15. The summed E-state index contributed by atoms with van der Waals surface area (Å²) in [6.07, 6.45) is 6.02. The van der Waals surface area contributed by atoms with Gasteiger partial charge in [0.15, 0.2) is 0 Å². The lowest BCUT2D eigenvalue weighted by molar-refractivity contribution is 0.0790. The minimum atomic E-state index is -0.119. The second kappa shape index (κ2) is 8.03. The number of aromatic nitrogens is 3. The molecule has 1 N–H and O–H groups in total. The Balaban J connectivity index is 2.03. The summed E-state index contributed by atoms with van der Waals surface area (Å²) in [6, 6.07) is 5.57. The second-order valence-electron chi connectivity index (χ2n) is 5.19. The van der Waals surface area contributed by atoms with Gasteiger partial charge in [-0.1, -0.05) is 6.08 Å². The molecule has 0 atom stereocenters. The van der Waals surface area contributed by atoms with E-state index in [1.807, 2.05) is 12.1 Å². The topological polar surface area (TPSA) is 71.0 Å². The molecule has 1 amide bonds. The van der Waals surface area contributed by atoms with Crippen molar-refractivity contribution in [2.45, 2.75) is 13.3 Å². The van der Waals surface area contributed by atoms with Gasteiger partial charge >= 0.3 is 0 Å². The first-order chi connectivity index (χ1) is 11.1. The Hall–Kier alpha value is -2.76. The summed E-state index contributed by atoms with van der Waals surface area (Å²) in [7, 11) is 1.78. The molecule has 0 aromatic carbocycles. The number of aryl methyl sites for hydroxylation is 1. The molecule has 0 fully saturated rings. The molecule has 0 aliphatic carbocycles. The molecule has 23 heavy (non-hydrogen) atoms. The number of rotatable bonds is 7. The molecule has 0 bridgehead atoms. The van der Waals surface area contributed by atoms with Crippen molar-refractivity contribution in [3.8, 4) is 0 Å². The average Bonchev–Trinajstić information content (AvgIpc) is 2.57. The highest BCUT2D eigenvalue weighted by Crippen LogP contribution is 2.09. The van der Waals surface area contributed by atoms with Crippen LogP contribution in [0.4, 0.5) is 5.82 Å².